The number of hydrogen-bond donors (Lipinski definition) is 2. The molecule has 0 aliphatic heterocycles. The normalized spacial score (nSPS) is 16.5. The van der Waals surface area contributed by atoms with E-state index in [0.717, 1.165) is 30.6 Å². The molecule has 1 unspecified atom stereocenters. The van der Waals surface area contributed by atoms with Crippen LogP contribution in [0.5, 0.6) is 0 Å². The molecule has 2 amide bonds. The monoisotopic (exact) mass is 401 g/mol. The maximum Gasteiger partial charge on any atom is 0.256 e. The quantitative estimate of drug-likeness (QED) is 0.747. The summed E-state index contributed by atoms with van der Waals surface area (Å²) in [5.41, 5.74) is -0.886. The number of rotatable bonds is 7. The number of hydrogen-bond acceptors (Lipinski definition) is 4. The molecule has 1 saturated carbocycles. The highest BCUT2D eigenvalue weighted by Gasteiger charge is 2.42. The summed E-state index contributed by atoms with van der Waals surface area (Å²) in [6.07, 6.45) is 6.14. The van der Waals surface area contributed by atoms with Gasteiger partial charge in [0.1, 0.15) is 5.54 Å². The van der Waals surface area contributed by atoms with Crippen LogP contribution in [0.3, 0.4) is 0 Å². The van der Waals surface area contributed by atoms with Crippen LogP contribution in [0.1, 0.15) is 61.2 Å². The lowest BCUT2D eigenvalue weighted by molar-refractivity contribution is -0.132. The van der Waals surface area contributed by atoms with Gasteiger partial charge in [-0.1, -0.05) is 25.8 Å². The smallest absolute Gasteiger partial charge is 0.256 e. The Balaban J connectivity index is 1.92. The maximum atomic E-state index is 13.4. The second-order valence-electron chi connectivity index (χ2n) is 7.49. The van der Waals surface area contributed by atoms with Crippen LogP contribution in [0.2, 0.25) is 0 Å². The molecule has 1 atom stereocenters. The van der Waals surface area contributed by atoms with Gasteiger partial charge >= 0.3 is 0 Å². The topological polar surface area (TPSA) is 82.3 Å². The molecule has 28 heavy (non-hydrogen) atoms. The lowest BCUT2D eigenvalue weighted by Crippen LogP contribution is -2.59. The SMILES string of the molecule is CCC(C)(C(=O)NC1CCCC1)N(Cc1cccs1)C(=O)c1ccc(=O)[nH]c1. The van der Waals surface area contributed by atoms with Crippen molar-refractivity contribution in [3.05, 3.63) is 56.6 Å². The number of carbonyl (C=O) groups excluding carboxylic acids is 2. The molecule has 6 nitrogen and oxygen atoms in total. The minimum atomic E-state index is -0.986. The number of thiophene rings is 1. The molecule has 3 rings (SSSR count). The summed E-state index contributed by atoms with van der Waals surface area (Å²) < 4.78 is 0. The van der Waals surface area contributed by atoms with E-state index in [4.69, 9.17) is 0 Å². The molecule has 1 aliphatic rings. The molecule has 2 aromatic heterocycles. The van der Waals surface area contributed by atoms with Crippen molar-refractivity contribution in [1.29, 1.82) is 0 Å². The van der Waals surface area contributed by atoms with Gasteiger partial charge in [0.2, 0.25) is 11.5 Å². The Hall–Kier alpha value is -2.41. The standard InChI is InChI=1S/C21H27N3O3S/c1-3-21(2,20(27)23-16-7-4-5-8-16)24(14-17-9-6-12-28-17)19(26)15-10-11-18(25)22-13-15/h6,9-13,16H,3-5,7-8,14H2,1-2H3,(H,22,25)(H,23,27). The molecule has 150 valence electrons. The predicted molar refractivity (Wildman–Crippen MR) is 110 cm³/mol. The second-order valence-corrected chi connectivity index (χ2v) is 8.53. The van der Waals surface area contributed by atoms with Gasteiger partial charge in [0.25, 0.3) is 5.91 Å². The number of nitrogens with zero attached hydrogens (tertiary/aromatic N) is 1. The fourth-order valence-electron chi connectivity index (χ4n) is 3.61. The Morgan fingerprint density at radius 2 is 2.04 bits per heavy atom. The van der Waals surface area contributed by atoms with Crippen molar-refractivity contribution in [2.45, 2.75) is 64.1 Å². The number of H-pyrrole nitrogens is 1. The molecule has 0 bridgehead atoms. The number of nitrogens with one attached hydrogen (secondary N) is 2. The van der Waals surface area contributed by atoms with Gasteiger partial charge in [-0.3, -0.25) is 14.4 Å². The number of pyridine rings is 1. The average Bonchev–Trinajstić information content (AvgIpc) is 3.39. The third-order valence-corrected chi connectivity index (χ3v) is 6.50. The zero-order valence-electron chi connectivity index (χ0n) is 16.4. The van der Waals surface area contributed by atoms with Gasteiger partial charge in [0, 0.05) is 23.2 Å². The summed E-state index contributed by atoms with van der Waals surface area (Å²) in [6, 6.07) is 6.92. The second kappa shape index (κ2) is 8.73. The number of aromatic amines is 1. The predicted octanol–water partition coefficient (Wildman–Crippen LogP) is 3.31. The van der Waals surface area contributed by atoms with Crippen molar-refractivity contribution in [3.63, 3.8) is 0 Å². The third-order valence-electron chi connectivity index (χ3n) is 5.63. The molecule has 2 aromatic rings. The maximum absolute atomic E-state index is 13.4. The highest BCUT2D eigenvalue weighted by Crippen LogP contribution is 2.28. The number of aromatic nitrogens is 1. The molecule has 1 fully saturated rings. The first kappa shape index (κ1) is 20.3. The molecule has 2 N–H and O–H groups in total. The Kier molecular flexibility index (Phi) is 6.34. The van der Waals surface area contributed by atoms with Crippen molar-refractivity contribution in [1.82, 2.24) is 15.2 Å². The van der Waals surface area contributed by atoms with Gasteiger partial charge in [-0.15, -0.1) is 11.3 Å². The van der Waals surface area contributed by atoms with Gasteiger partial charge < -0.3 is 15.2 Å². The molecule has 0 radical (unpaired) electrons. The summed E-state index contributed by atoms with van der Waals surface area (Å²) in [6.45, 7) is 4.10. The molecule has 7 heteroatoms. The summed E-state index contributed by atoms with van der Waals surface area (Å²) in [4.78, 5) is 43.2. The molecule has 0 aromatic carbocycles. The average molecular weight is 402 g/mol. The lowest BCUT2D eigenvalue weighted by Gasteiger charge is -2.40. The summed E-state index contributed by atoms with van der Waals surface area (Å²) in [7, 11) is 0. The van der Waals surface area contributed by atoms with Crippen LogP contribution in [-0.2, 0) is 11.3 Å². The van der Waals surface area contributed by atoms with Crippen LogP contribution in [0.25, 0.3) is 0 Å². The van der Waals surface area contributed by atoms with Gasteiger partial charge in [-0.2, -0.15) is 0 Å². The molecule has 0 spiro atoms. The fourth-order valence-corrected chi connectivity index (χ4v) is 4.31. The van der Waals surface area contributed by atoms with Crippen LogP contribution < -0.4 is 10.9 Å². The van der Waals surface area contributed by atoms with E-state index in [9.17, 15) is 14.4 Å². The van der Waals surface area contributed by atoms with E-state index in [0.29, 0.717) is 18.5 Å². The van der Waals surface area contributed by atoms with Crippen molar-refractivity contribution in [2.24, 2.45) is 0 Å². The van der Waals surface area contributed by atoms with Crippen LogP contribution in [0.15, 0.2) is 40.6 Å². The first-order chi connectivity index (χ1) is 13.4. The molecule has 2 heterocycles. The van der Waals surface area contributed by atoms with Crippen molar-refractivity contribution >= 4 is 23.2 Å². The van der Waals surface area contributed by atoms with Crippen LogP contribution in [0.4, 0.5) is 0 Å². The fraction of sp³-hybridized carbons (Fsp3) is 0.476. The number of amides is 2. The highest BCUT2D eigenvalue weighted by atomic mass is 32.1. The zero-order valence-corrected chi connectivity index (χ0v) is 17.2. The summed E-state index contributed by atoms with van der Waals surface area (Å²) in [5, 5.41) is 5.12. The summed E-state index contributed by atoms with van der Waals surface area (Å²) in [5.74, 6) is -0.383. The van der Waals surface area contributed by atoms with Crippen LogP contribution >= 0.6 is 11.3 Å². The summed E-state index contributed by atoms with van der Waals surface area (Å²) >= 11 is 1.55. The molecular formula is C21H27N3O3S. The third kappa shape index (κ3) is 4.35. The van der Waals surface area contributed by atoms with Crippen LogP contribution in [0, 0.1) is 0 Å². The van der Waals surface area contributed by atoms with E-state index in [1.54, 1.807) is 16.2 Å². The minimum absolute atomic E-state index is 0.115. The largest absolute Gasteiger partial charge is 0.351 e. The Bertz CT molecular complexity index is 851. The van der Waals surface area contributed by atoms with Gasteiger partial charge in [0.15, 0.2) is 0 Å². The van der Waals surface area contributed by atoms with Crippen molar-refractivity contribution in [2.75, 3.05) is 0 Å². The highest BCUT2D eigenvalue weighted by molar-refractivity contribution is 7.09. The van der Waals surface area contributed by atoms with Gasteiger partial charge in [-0.25, -0.2) is 0 Å². The minimum Gasteiger partial charge on any atom is -0.351 e. The lowest BCUT2D eigenvalue weighted by atomic mass is 9.93. The van der Waals surface area contributed by atoms with Crippen LogP contribution in [-0.4, -0.2) is 33.3 Å². The Morgan fingerprint density at radius 1 is 1.29 bits per heavy atom. The van der Waals surface area contributed by atoms with Crippen molar-refractivity contribution < 1.29 is 9.59 Å². The molecule has 1 aliphatic carbocycles. The van der Waals surface area contributed by atoms with E-state index >= 15 is 0 Å². The van der Waals surface area contributed by atoms with Crippen molar-refractivity contribution in [3.8, 4) is 0 Å². The molecule has 0 saturated heterocycles. The first-order valence-electron chi connectivity index (χ1n) is 9.78. The van der Waals surface area contributed by atoms with E-state index in [-0.39, 0.29) is 23.4 Å². The Morgan fingerprint density at radius 3 is 2.61 bits per heavy atom. The molecular weight excluding hydrogens is 374 g/mol. The van der Waals surface area contributed by atoms with Gasteiger partial charge in [-0.05, 0) is 43.7 Å². The van der Waals surface area contributed by atoms with Gasteiger partial charge in [0.05, 0.1) is 12.1 Å². The Labute approximate surface area is 169 Å². The van der Waals surface area contributed by atoms with E-state index in [1.165, 1.54) is 18.3 Å². The number of carbonyl (C=O) groups is 2. The van der Waals surface area contributed by atoms with E-state index in [1.807, 2.05) is 31.4 Å². The van der Waals surface area contributed by atoms with E-state index in [2.05, 4.69) is 10.3 Å². The first-order valence-corrected chi connectivity index (χ1v) is 10.7. The zero-order chi connectivity index (χ0) is 20.1. The van der Waals surface area contributed by atoms with E-state index < -0.39 is 5.54 Å².